The fourth-order valence-electron chi connectivity index (χ4n) is 3.17. The second-order valence-electron chi connectivity index (χ2n) is 5.50. The highest BCUT2D eigenvalue weighted by molar-refractivity contribution is 5.67. The summed E-state index contributed by atoms with van der Waals surface area (Å²) in [5.41, 5.74) is 1.14. The first kappa shape index (κ1) is 11.5. The summed E-state index contributed by atoms with van der Waals surface area (Å²) in [4.78, 5) is 13.2. The molecule has 0 radical (unpaired) electrons. The molecule has 1 saturated carbocycles. The van der Waals surface area contributed by atoms with Gasteiger partial charge in [-0.05, 0) is 24.8 Å². The van der Waals surface area contributed by atoms with Crippen molar-refractivity contribution in [3.05, 3.63) is 35.9 Å². The van der Waals surface area contributed by atoms with Crippen LogP contribution in [0.15, 0.2) is 30.3 Å². The zero-order valence-corrected chi connectivity index (χ0v) is 10.5. The Hall–Kier alpha value is -1.55. The Morgan fingerprint density at radius 1 is 1.50 bits per heavy atom. The van der Waals surface area contributed by atoms with Crippen molar-refractivity contribution in [2.24, 2.45) is 5.92 Å². The number of nitrogens with one attached hydrogen (secondary N) is 1. The Bertz CT molecular complexity index is 462. The van der Waals surface area contributed by atoms with E-state index >= 15 is 0 Å². The van der Waals surface area contributed by atoms with Gasteiger partial charge >= 0.3 is 6.09 Å². The van der Waals surface area contributed by atoms with Crippen LogP contribution in [0.5, 0.6) is 0 Å². The largest absolute Gasteiger partial charge is 0.465 e. The Balaban J connectivity index is 1.69. The van der Waals surface area contributed by atoms with E-state index in [2.05, 4.69) is 29.3 Å². The maximum absolute atomic E-state index is 10.8. The van der Waals surface area contributed by atoms with Gasteiger partial charge in [0.2, 0.25) is 0 Å². The van der Waals surface area contributed by atoms with E-state index in [-0.39, 0.29) is 5.54 Å². The topological polar surface area (TPSA) is 52.6 Å². The zero-order valence-electron chi connectivity index (χ0n) is 10.5. The van der Waals surface area contributed by atoms with Crippen LogP contribution in [0, 0.1) is 5.92 Å². The summed E-state index contributed by atoms with van der Waals surface area (Å²) in [7, 11) is 0. The molecular weight excluding hydrogens is 228 g/mol. The zero-order chi connectivity index (χ0) is 12.8. The van der Waals surface area contributed by atoms with Crippen LogP contribution >= 0.6 is 0 Å². The molecule has 1 saturated heterocycles. The summed E-state index contributed by atoms with van der Waals surface area (Å²) in [6.45, 7) is 4.02. The first-order chi connectivity index (χ1) is 8.61. The molecule has 18 heavy (non-hydrogen) atoms. The molecule has 2 N–H and O–H groups in total. The minimum Gasteiger partial charge on any atom is -0.465 e. The van der Waals surface area contributed by atoms with Crippen LogP contribution in [-0.2, 0) is 0 Å². The molecule has 3 rings (SSSR count). The highest BCUT2D eigenvalue weighted by atomic mass is 16.4. The van der Waals surface area contributed by atoms with E-state index in [0.29, 0.717) is 12.0 Å². The van der Waals surface area contributed by atoms with E-state index in [9.17, 15) is 4.79 Å². The number of hydrogen-bond donors (Lipinski definition) is 2. The molecule has 3 atom stereocenters. The summed E-state index contributed by atoms with van der Waals surface area (Å²) < 4.78 is 0. The van der Waals surface area contributed by atoms with E-state index in [1.54, 1.807) is 0 Å². The molecule has 1 amide bonds. The molecule has 4 nitrogen and oxygen atoms in total. The van der Waals surface area contributed by atoms with Gasteiger partial charge in [-0.2, -0.15) is 0 Å². The molecule has 3 unspecified atom stereocenters. The lowest BCUT2D eigenvalue weighted by Gasteiger charge is -2.27. The highest BCUT2D eigenvalue weighted by Crippen LogP contribution is 2.51. The number of rotatable bonds is 3. The predicted octanol–water partition coefficient (Wildman–Crippen LogP) is 2.09. The van der Waals surface area contributed by atoms with Crippen molar-refractivity contribution in [1.29, 1.82) is 0 Å². The van der Waals surface area contributed by atoms with Crippen LogP contribution in [0.3, 0.4) is 0 Å². The molecule has 1 aliphatic heterocycles. The molecule has 1 heterocycles. The number of amides is 1. The smallest absolute Gasteiger partial charge is 0.405 e. The van der Waals surface area contributed by atoms with Gasteiger partial charge in [0, 0.05) is 19.1 Å². The van der Waals surface area contributed by atoms with Gasteiger partial charge in [-0.15, -0.1) is 0 Å². The van der Waals surface area contributed by atoms with E-state index in [4.69, 9.17) is 5.11 Å². The van der Waals surface area contributed by atoms with Gasteiger partial charge in [0.1, 0.15) is 0 Å². The Labute approximate surface area is 107 Å². The molecule has 0 spiro atoms. The van der Waals surface area contributed by atoms with Crippen molar-refractivity contribution >= 4 is 6.09 Å². The number of carboxylic acid groups (broad SMARTS) is 1. The molecule has 4 heteroatoms. The summed E-state index contributed by atoms with van der Waals surface area (Å²) >= 11 is 0. The van der Waals surface area contributed by atoms with Crippen molar-refractivity contribution in [3.8, 4) is 0 Å². The van der Waals surface area contributed by atoms with Crippen LogP contribution < -0.4 is 5.32 Å². The molecule has 96 valence electrons. The van der Waals surface area contributed by atoms with E-state index in [0.717, 1.165) is 19.5 Å². The van der Waals surface area contributed by atoms with Gasteiger partial charge in [-0.3, -0.25) is 4.90 Å². The van der Waals surface area contributed by atoms with E-state index in [1.165, 1.54) is 5.56 Å². The van der Waals surface area contributed by atoms with Crippen LogP contribution in [0.2, 0.25) is 0 Å². The average molecular weight is 246 g/mol. The second-order valence-corrected chi connectivity index (χ2v) is 5.50. The standard InChI is InChI=1S/C14H18N2O2/c1-10(11-5-3-2-4-6-11)16-8-12-7-14(12,9-16)15-13(17)18/h2-6,10,12,15H,7-9H2,1H3,(H,17,18). The lowest BCUT2D eigenvalue weighted by Crippen LogP contribution is -2.42. The number of nitrogens with zero attached hydrogens (tertiary/aromatic N) is 1. The molecule has 1 aromatic carbocycles. The summed E-state index contributed by atoms with van der Waals surface area (Å²) in [6, 6.07) is 10.7. The molecule has 0 aromatic heterocycles. The number of piperidine rings is 1. The van der Waals surface area contributed by atoms with Gasteiger partial charge in [0.05, 0.1) is 5.54 Å². The molecular formula is C14H18N2O2. The Morgan fingerprint density at radius 2 is 2.22 bits per heavy atom. The van der Waals surface area contributed by atoms with Gasteiger partial charge in [0.15, 0.2) is 0 Å². The maximum atomic E-state index is 10.8. The third-order valence-electron chi connectivity index (χ3n) is 4.36. The molecule has 0 bridgehead atoms. The molecule has 1 aromatic rings. The normalized spacial score (nSPS) is 31.7. The van der Waals surface area contributed by atoms with Crippen LogP contribution in [0.25, 0.3) is 0 Å². The highest BCUT2D eigenvalue weighted by Gasteiger charge is 2.61. The summed E-state index contributed by atoms with van der Waals surface area (Å²) in [6.07, 6.45) is 0.101. The Morgan fingerprint density at radius 3 is 2.89 bits per heavy atom. The van der Waals surface area contributed by atoms with Crippen molar-refractivity contribution in [3.63, 3.8) is 0 Å². The monoisotopic (exact) mass is 246 g/mol. The summed E-state index contributed by atoms with van der Waals surface area (Å²) in [5.74, 6) is 0.500. The van der Waals surface area contributed by atoms with Crippen molar-refractivity contribution in [1.82, 2.24) is 10.2 Å². The number of fused-ring (bicyclic) bond motifs is 1. The fraction of sp³-hybridized carbons (Fsp3) is 0.500. The third-order valence-corrected chi connectivity index (χ3v) is 4.36. The summed E-state index contributed by atoms with van der Waals surface area (Å²) in [5, 5.41) is 11.6. The third kappa shape index (κ3) is 1.86. The lowest BCUT2D eigenvalue weighted by atomic mass is 10.1. The minimum atomic E-state index is -0.897. The van der Waals surface area contributed by atoms with Crippen LogP contribution in [0.4, 0.5) is 4.79 Å². The quantitative estimate of drug-likeness (QED) is 0.858. The van der Waals surface area contributed by atoms with Gasteiger partial charge in [-0.1, -0.05) is 30.3 Å². The minimum absolute atomic E-state index is 0.158. The van der Waals surface area contributed by atoms with Crippen molar-refractivity contribution in [2.75, 3.05) is 13.1 Å². The van der Waals surface area contributed by atoms with Crippen LogP contribution in [0.1, 0.15) is 24.9 Å². The van der Waals surface area contributed by atoms with Crippen molar-refractivity contribution < 1.29 is 9.90 Å². The second kappa shape index (κ2) is 3.99. The van der Waals surface area contributed by atoms with E-state index in [1.807, 2.05) is 18.2 Å². The fourth-order valence-corrected chi connectivity index (χ4v) is 3.17. The maximum Gasteiger partial charge on any atom is 0.405 e. The van der Waals surface area contributed by atoms with Crippen LogP contribution in [-0.4, -0.2) is 34.7 Å². The SMILES string of the molecule is CC(c1ccccc1)N1CC2CC2(NC(=O)O)C1. The predicted molar refractivity (Wildman–Crippen MR) is 68.4 cm³/mol. The first-order valence-corrected chi connectivity index (χ1v) is 6.41. The molecule has 1 aliphatic carbocycles. The molecule has 2 aliphatic rings. The Kier molecular flexibility index (Phi) is 2.55. The van der Waals surface area contributed by atoms with Gasteiger partial charge in [-0.25, -0.2) is 4.79 Å². The van der Waals surface area contributed by atoms with Crippen molar-refractivity contribution in [2.45, 2.75) is 24.9 Å². The van der Waals surface area contributed by atoms with E-state index < -0.39 is 6.09 Å². The number of benzene rings is 1. The first-order valence-electron chi connectivity index (χ1n) is 6.41. The number of hydrogen-bond acceptors (Lipinski definition) is 2. The average Bonchev–Trinajstić information content (AvgIpc) is 2.89. The molecule has 2 fully saturated rings. The number of likely N-dealkylation sites (tertiary alicyclic amines) is 1. The number of carbonyl (C=O) groups is 1. The van der Waals surface area contributed by atoms with Gasteiger partial charge < -0.3 is 10.4 Å². The van der Waals surface area contributed by atoms with Gasteiger partial charge in [0.25, 0.3) is 0 Å². The lowest BCUT2D eigenvalue weighted by molar-refractivity contribution is 0.181.